The predicted octanol–water partition coefficient (Wildman–Crippen LogP) is 5.36. The van der Waals surface area contributed by atoms with E-state index in [-0.39, 0.29) is 12.2 Å². The minimum absolute atomic E-state index is 0.194. The van der Waals surface area contributed by atoms with Gasteiger partial charge in [-0.05, 0) is 54.6 Å². The molecule has 3 aromatic heterocycles. The summed E-state index contributed by atoms with van der Waals surface area (Å²) < 4.78 is 19.4. The number of aliphatic hydroxyl groups is 1. The van der Waals surface area contributed by atoms with Crippen molar-refractivity contribution in [3.8, 4) is 11.3 Å². The van der Waals surface area contributed by atoms with Crippen molar-refractivity contribution in [2.45, 2.75) is 6.61 Å². The molecule has 0 spiro atoms. The van der Waals surface area contributed by atoms with Crippen LogP contribution in [0.15, 0.2) is 70.0 Å². The molecule has 0 aliphatic carbocycles. The standard InChI is InChI=1S/C23H15ClFN3O3/c24-17-4-1-12(20-6-3-14(11-29)31-20)9-19(17)28-22-15-7-8-26-23(30)21(15)16-10-13(25)2-5-18(16)27-22/h1-10,29H,11H2,(H,26,30)(H,27,28). The van der Waals surface area contributed by atoms with E-state index in [0.717, 1.165) is 5.56 Å². The first kappa shape index (κ1) is 19.3. The van der Waals surface area contributed by atoms with Gasteiger partial charge < -0.3 is 19.8 Å². The van der Waals surface area contributed by atoms with Crippen LogP contribution in [0.25, 0.3) is 33.0 Å². The van der Waals surface area contributed by atoms with Crippen molar-refractivity contribution in [2.75, 3.05) is 5.32 Å². The predicted molar refractivity (Wildman–Crippen MR) is 118 cm³/mol. The third kappa shape index (κ3) is 3.43. The molecule has 5 aromatic rings. The Labute approximate surface area is 179 Å². The summed E-state index contributed by atoms with van der Waals surface area (Å²) >= 11 is 6.41. The lowest BCUT2D eigenvalue weighted by atomic mass is 10.1. The van der Waals surface area contributed by atoms with Gasteiger partial charge in [-0.25, -0.2) is 9.37 Å². The van der Waals surface area contributed by atoms with Gasteiger partial charge in [0.15, 0.2) is 0 Å². The minimum Gasteiger partial charge on any atom is -0.459 e. The summed E-state index contributed by atoms with van der Waals surface area (Å²) in [4.78, 5) is 19.8. The third-order valence-corrected chi connectivity index (χ3v) is 5.33. The topological polar surface area (TPSA) is 91.2 Å². The Morgan fingerprint density at radius 1 is 1.10 bits per heavy atom. The van der Waals surface area contributed by atoms with Crippen LogP contribution in [0.4, 0.5) is 15.9 Å². The molecular formula is C23H15ClFN3O3. The van der Waals surface area contributed by atoms with E-state index < -0.39 is 5.82 Å². The van der Waals surface area contributed by atoms with Crippen molar-refractivity contribution < 1.29 is 13.9 Å². The summed E-state index contributed by atoms with van der Waals surface area (Å²) in [5, 5.41) is 14.2. The summed E-state index contributed by atoms with van der Waals surface area (Å²) in [6.07, 6.45) is 1.51. The zero-order valence-corrected chi connectivity index (χ0v) is 16.7. The lowest BCUT2D eigenvalue weighted by Crippen LogP contribution is -2.08. The second kappa shape index (κ2) is 7.54. The van der Waals surface area contributed by atoms with Gasteiger partial charge in [0.25, 0.3) is 5.56 Å². The van der Waals surface area contributed by atoms with E-state index in [1.807, 2.05) is 0 Å². The molecule has 6 nitrogen and oxygen atoms in total. The molecule has 0 radical (unpaired) electrons. The van der Waals surface area contributed by atoms with Crippen molar-refractivity contribution in [3.63, 3.8) is 0 Å². The van der Waals surface area contributed by atoms with Crippen LogP contribution in [0.1, 0.15) is 5.76 Å². The maximum absolute atomic E-state index is 13.8. The molecule has 3 N–H and O–H groups in total. The average molecular weight is 436 g/mol. The summed E-state index contributed by atoms with van der Waals surface area (Å²) in [6, 6.07) is 14.6. The fourth-order valence-corrected chi connectivity index (χ4v) is 3.71. The Hall–Kier alpha value is -3.68. The van der Waals surface area contributed by atoms with Crippen molar-refractivity contribution in [1.82, 2.24) is 9.97 Å². The Morgan fingerprint density at radius 3 is 2.77 bits per heavy atom. The fourth-order valence-electron chi connectivity index (χ4n) is 3.55. The first-order chi connectivity index (χ1) is 15.0. The highest BCUT2D eigenvalue weighted by molar-refractivity contribution is 6.33. The van der Waals surface area contributed by atoms with Gasteiger partial charge in [-0.1, -0.05) is 11.6 Å². The molecule has 0 saturated heterocycles. The third-order valence-electron chi connectivity index (χ3n) is 5.00. The van der Waals surface area contributed by atoms with E-state index in [2.05, 4.69) is 15.3 Å². The monoisotopic (exact) mass is 435 g/mol. The largest absolute Gasteiger partial charge is 0.459 e. The van der Waals surface area contributed by atoms with E-state index in [1.165, 1.54) is 24.4 Å². The molecule has 0 aliphatic heterocycles. The molecule has 3 heterocycles. The number of aliphatic hydroxyl groups excluding tert-OH is 1. The SMILES string of the molecule is O=c1[nH]ccc2c(Nc3cc(-c4ccc(CO)o4)ccc3Cl)nc3ccc(F)cc3c12. The number of anilines is 2. The van der Waals surface area contributed by atoms with E-state index in [0.29, 0.717) is 49.7 Å². The molecule has 8 heteroatoms. The van der Waals surface area contributed by atoms with Gasteiger partial charge in [-0.2, -0.15) is 0 Å². The first-order valence-corrected chi connectivity index (χ1v) is 9.78. The number of aromatic amines is 1. The number of pyridine rings is 2. The maximum atomic E-state index is 13.8. The number of H-pyrrole nitrogens is 1. The van der Waals surface area contributed by atoms with Gasteiger partial charge in [0, 0.05) is 22.5 Å². The fraction of sp³-hybridized carbons (Fsp3) is 0.0435. The highest BCUT2D eigenvalue weighted by Gasteiger charge is 2.14. The van der Waals surface area contributed by atoms with Crippen molar-refractivity contribution in [1.29, 1.82) is 0 Å². The Bertz CT molecular complexity index is 1510. The number of halogens is 2. The van der Waals surface area contributed by atoms with Gasteiger partial charge in [-0.15, -0.1) is 0 Å². The van der Waals surface area contributed by atoms with Gasteiger partial charge >= 0.3 is 0 Å². The normalized spacial score (nSPS) is 11.3. The number of rotatable bonds is 4. The van der Waals surface area contributed by atoms with E-state index >= 15 is 0 Å². The summed E-state index contributed by atoms with van der Waals surface area (Å²) in [5.41, 5.74) is 1.43. The molecule has 0 atom stereocenters. The number of nitrogens with one attached hydrogen (secondary N) is 2. The van der Waals surface area contributed by atoms with Gasteiger partial charge in [0.05, 0.1) is 21.6 Å². The average Bonchev–Trinajstić information content (AvgIpc) is 3.25. The van der Waals surface area contributed by atoms with Gasteiger partial charge in [-0.3, -0.25) is 4.79 Å². The molecule has 0 aliphatic rings. The smallest absolute Gasteiger partial charge is 0.256 e. The minimum atomic E-state index is -0.448. The van der Waals surface area contributed by atoms with Crippen LogP contribution in [-0.2, 0) is 6.61 Å². The molecular weight excluding hydrogens is 421 g/mol. The zero-order chi connectivity index (χ0) is 21.5. The number of benzene rings is 2. The highest BCUT2D eigenvalue weighted by atomic mass is 35.5. The van der Waals surface area contributed by atoms with Crippen LogP contribution in [0, 0.1) is 5.82 Å². The molecule has 5 rings (SSSR count). The number of nitrogens with zero attached hydrogens (tertiary/aromatic N) is 1. The van der Waals surface area contributed by atoms with Crippen LogP contribution in [-0.4, -0.2) is 15.1 Å². The molecule has 0 unspecified atom stereocenters. The number of hydrogen-bond acceptors (Lipinski definition) is 5. The maximum Gasteiger partial charge on any atom is 0.256 e. The second-order valence-corrected chi connectivity index (χ2v) is 7.37. The number of aromatic nitrogens is 2. The van der Waals surface area contributed by atoms with E-state index in [9.17, 15) is 14.3 Å². The quantitative estimate of drug-likeness (QED) is 0.330. The molecule has 0 amide bonds. The van der Waals surface area contributed by atoms with Crippen molar-refractivity contribution in [2.24, 2.45) is 0 Å². The molecule has 31 heavy (non-hydrogen) atoms. The highest BCUT2D eigenvalue weighted by Crippen LogP contribution is 2.34. The van der Waals surface area contributed by atoms with Gasteiger partial charge in [0.1, 0.15) is 29.8 Å². The molecule has 0 fully saturated rings. The van der Waals surface area contributed by atoms with Crippen LogP contribution in [0.5, 0.6) is 0 Å². The lowest BCUT2D eigenvalue weighted by Gasteiger charge is -2.13. The summed E-state index contributed by atoms with van der Waals surface area (Å²) in [6.45, 7) is -0.194. The molecule has 2 aromatic carbocycles. The molecule has 0 bridgehead atoms. The Kier molecular flexibility index (Phi) is 4.69. The second-order valence-electron chi connectivity index (χ2n) is 6.96. The van der Waals surface area contributed by atoms with Crippen LogP contribution in [0.3, 0.4) is 0 Å². The van der Waals surface area contributed by atoms with Crippen LogP contribution in [0.2, 0.25) is 5.02 Å². The lowest BCUT2D eigenvalue weighted by molar-refractivity contribution is 0.248. The Morgan fingerprint density at radius 2 is 1.97 bits per heavy atom. The first-order valence-electron chi connectivity index (χ1n) is 9.40. The zero-order valence-electron chi connectivity index (χ0n) is 15.9. The van der Waals surface area contributed by atoms with E-state index in [1.54, 1.807) is 36.4 Å². The number of fused-ring (bicyclic) bond motifs is 3. The summed E-state index contributed by atoms with van der Waals surface area (Å²) in [7, 11) is 0. The Balaban J connectivity index is 1.67. The molecule has 0 saturated carbocycles. The number of furan rings is 1. The van der Waals surface area contributed by atoms with Crippen molar-refractivity contribution in [3.05, 3.63) is 87.7 Å². The van der Waals surface area contributed by atoms with Gasteiger partial charge in [0.2, 0.25) is 0 Å². The number of hydrogen-bond donors (Lipinski definition) is 3. The van der Waals surface area contributed by atoms with Crippen molar-refractivity contribution >= 4 is 44.8 Å². The molecule has 154 valence electrons. The van der Waals surface area contributed by atoms with E-state index in [4.69, 9.17) is 16.0 Å². The van der Waals surface area contributed by atoms with Crippen LogP contribution < -0.4 is 10.9 Å². The van der Waals surface area contributed by atoms with Crippen LogP contribution >= 0.6 is 11.6 Å². The summed E-state index contributed by atoms with van der Waals surface area (Å²) in [5.74, 6) is 0.992.